The maximum absolute atomic E-state index is 13.0. The SMILES string of the molecule is CCOC(=O)c1sc2nc(C)n(Cc3ccc(C(=O)OC)o3)c(=O)c2c1C. The highest BCUT2D eigenvalue weighted by molar-refractivity contribution is 7.20. The molecule has 0 radical (unpaired) electrons. The Balaban J connectivity index is 2.05. The summed E-state index contributed by atoms with van der Waals surface area (Å²) in [5, 5.41) is 0.383. The number of carbonyl (C=O) groups is 2. The number of rotatable bonds is 5. The lowest BCUT2D eigenvalue weighted by atomic mass is 10.2. The molecule has 3 aromatic rings. The third-order valence-electron chi connectivity index (χ3n) is 4.06. The van der Waals surface area contributed by atoms with E-state index in [0.29, 0.717) is 32.2 Å². The molecule has 0 saturated heterocycles. The van der Waals surface area contributed by atoms with Gasteiger partial charge in [-0.1, -0.05) is 0 Å². The Kier molecular flexibility index (Phi) is 5.13. The number of aromatic nitrogens is 2. The van der Waals surface area contributed by atoms with E-state index in [2.05, 4.69) is 9.72 Å². The first-order valence-corrected chi connectivity index (χ1v) is 9.03. The Labute approximate surface area is 158 Å². The highest BCUT2D eigenvalue weighted by Crippen LogP contribution is 2.28. The number of fused-ring (bicyclic) bond motifs is 1. The molecule has 0 aliphatic carbocycles. The van der Waals surface area contributed by atoms with Crippen LogP contribution in [-0.4, -0.2) is 35.2 Å². The molecule has 0 aliphatic rings. The third-order valence-corrected chi connectivity index (χ3v) is 5.23. The van der Waals surface area contributed by atoms with Gasteiger partial charge < -0.3 is 13.9 Å². The third kappa shape index (κ3) is 3.37. The van der Waals surface area contributed by atoms with Crippen LogP contribution in [-0.2, 0) is 16.0 Å². The molecule has 0 aromatic carbocycles. The van der Waals surface area contributed by atoms with Crippen molar-refractivity contribution < 1.29 is 23.5 Å². The van der Waals surface area contributed by atoms with Crippen LogP contribution in [0.25, 0.3) is 10.2 Å². The Morgan fingerprint density at radius 2 is 2.00 bits per heavy atom. The minimum Gasteiger partial charge on any atom is -0.463 e. The van der Waals surface area contributed by atoms with Gasteiger partial charge in [0.2, 0.25) is 5.76 Å². The van der Waals surface area contributed by atoms with Crippen LogP contribution in [0.5, 0.6) is 0 Å². The quantitative estimate of drug-likeness (QED) is 0.617. The number of thiophene rings is 1. The van der Waals surface area contributed by atoms with E-state index in [9.17, 15) is 14.4 Å². The van der Waals surface area contributed by atoms with Gasteiger partial charge in [-0.2, -0.15) is 0 Å². The van der Waals surface area contributed by atoms with Crippen LogP contribution >= 0.6 is 11.3 Å². The van der Waals surface area contributed by atoms with E-state index in [1.807, 2.05) is 0 Å². The standard InChI is InChI=1S/C18H18N2O6S/c1-5-25-18(23)14-9(2)13-15(27-14)19-10(3)20(16(13)21)8-11-6-7-12(26-11)17(22)24-4/h6-7H,5,8H2,1-4H3. The van der Waals surface area contributed by atoms with Crippen LogP contribution in [0.2, 0.25) is 0 Å². The van der Waals surface area contributed by atoms with E-state index in [0.717, 1.165) is 11.3 Å². The molecule has 3 rings (SSSR count). The monoisotopic (exact) mass is 390 g/mol. The summed E-state index contributed by atoms with van der Waals surface area (Å²) in [5.41, 5.74) is 0.271. The molecule has 0 spiro atoms. The number of aryl methyl sites for hydroxylation is 2. The largest absolute Gasteiger partial charge is 0.463 e. The fraction of sp³-hybridized carbons (Fsp3) is 0.333. The summed E-state index contributed by atoms with van der Waals surface area (Å²) in [4.78, 5) is 41.9. The number of esters is 2. The number of hydrogen-bond donors (Lipinski definition) is 0. The van der Waals surface area contributed by atoms with Crippen LogP contribution in [0.3, 0.4) is 0 Å². The first-order chi connectivity index (χ1) is 12.9. The summed E-state index contributed by atoms with van der Waals surface area (Å²) in [5.74, 6) is -0.106. The minimum atomic E-state index is -0.591. The molecule has 0 bridgehead atoms. The minimum absolute atomic E-state index is 0.0588. The zero-order valence-corrected chi connectivity index (χ0v) is 16.1. The molecule has 0 aliphatic heterocycles. The van der Waals surface area contributed by atoms with Gasteiger partial charge in [0.1, 0.15) is 21.3 Å². The molecule has 9 heteroatoms. The van der Waals surface area contributed by atoms with Gasteiger partial charge in [-0.05, 0) is 38.5 Å². The van der Waals surface area contributed by atoms with Gasteiger partial charge in [-0.3, -0.25) is 9.36 Å². The van der Waals surface area contributed by atoms with Crippen LogP contribution < -0.4 is 5.56 Å². The van der Waals surface area contributed by atoms with Gasteiger partial charge in [0.15, 0.2) is 0 Å². The summed E-state index contributed by atoms with van der Waals surface area (Å²) < 4.78 is 16.5. The number of ether oxygens (including phenoxy) is 2. The Morgan fingerprint density at radius 1 is 1.26 bits per heavy atom. The highest BCUT2D eigenvalue weighted by atomic mass is 32.1. The number of hydrogen-bond acceptors (Lipinski definition) is 8. The molecule has 3 aromatic heterocycles. The summed E-state index contributed by atoms with van der Waals surface area (Å²) in [7, 11) is 1.26. The molecule has 0 amide bonds. The smallest absolute Gasteiger partial charge is 0.373 e. The summed E-state index contributed by atoms with van der Waals surface area (Å²) in [6.07, 6.45) is 0. The fourth-order valence-electron chi connectivity index (χ4n) is 2.72. The van der Waals surface area contributed by atoms with E-state index >= 15 is 0 Å². The van der Waals surface area contributed by atoms with Crippen LogP contribution in [0.1, 0.15) is 44.3 Å². The topological polar surface area (TPSA) is 101 Å². The normalized spacial score (nSPS) is 11.0. The molecule has 3 heterocycles. The van der Waals surface area contributed by atoms with Crippen molar-refractivity contribution in [3.8, 4) is 0 Å². The average molecular weight is 390 g/mol. The van der Waals surface area contributed by atoms with E-state index in [-0.39, 0.29) is 24.5 Å². The van der Waals surface area contributed by atoms with Crippen molar-refractivity contribution in [1.82, 2.24) is 9.55 Å². The molecule has 0 unspecified atom stereocenters. The lowest BCUT2D eigenvalue weighted by Crippen LogP contribution is -2.24. The van der Waals surface area contributed by atoms with Gasteiger partial charge in [0, 0.05) is 0 Å². The van der Waals surface area contributed by atoms with Crippen molar-refractivity contribution >= 4 is 33.5 Å². The number of methoxy groups -OCH3 is 1. The maximum Gasteiger partial charge on any atom is 0.373 e. The summed E-state index contributed by atoms with van der Waals surface area (Å²) >= 11 is 1.14. The van der Waals surface area contributed by atoms with Gasteiger partial charge in [0.25, 0.3) is 5.56 Å². The van der Waals surface area contributed by atoms with Gasteiger partial charge in [-0.25, -0.2) is 14.6 Å². The second kappa shape index (κ2) is 7.36. The predicted octanol–water partition coefficient (Wildman–Crippen LogP) is 2.68. The van der Waals surface area contributed by atoms with Gasteiger partial charge >= 0.3 is 11.9 Å². The second-order valence-electron chi connectivity index (χ2n) is 5.76. The van der Waals surface area contributed by atoms with Crippen LogP contribution in [0.4, 0.5) is 0 Å². The summed E-state index contributed by atoms with van der Waals surface area (Å²) in [6.45, 7) is 5.49. The summed E-state index contributed by atoms with van der Waals surface area (Å²) in [6, 6.07) is 3.09. The van der Waals surface area contributed by atoms with Crippen molar-refractivity contribution in [3.63, 3.8) is 0 Å². The molecule has 0 fully saturated rings. The first kappa shape index (κ1) is 18.8. The Hall–Kier alpha value is -2.94. The Morgan fingerprint density at radius 3 is 2.67 bits per heavy atom. The van der Waals surface area contributed by atoms with Crippen molar-refractivity contribution in [2.75, 3.05) is 13.7 Å². The maximum atomic E-state index is 13.0. The average Bonchev–Trinajstić information content (AvgIpc) is 3.23. The highest BCUT2D eigenvalue weighted by Gasteiger charge is 2.22. The van der Waals surface area contributed by atoms with E-state index in [4.69, 9.17) is 9.15 Å². The number of carbonyl (C=O) groups excluding carboxylic acids is 2. The van der Waals surface area contributed by atoms with Gasteiger partial charge in [0.05, 0.1) is 25.6 Å². The molecule has 0 N–H and O–H groups in total. The molecule has 27 heavy (non-hydrogen) atoms. The fourth-order valence-corrected chi connectivity index (χ4v) is 3.84. The lowest BCUT2D eigenvalue weighted by molar-refractivity contribution is 0.0529. The number of nitrogens with zero attached hydrogens (tertiary/aromatic N) is 2. The molecule has 0 saturated carbocycles. The Bertz CT molecular complexity index is 1090. The van der Waals surface area contributed by atoms with Crippen molar-refractivity contribution in [2.45, 2.75) is 27.3 Å². The zero-order chi connectivity index (χ0) is 19.7. The van der Waals surface area contributed by atoms with E-state index in [1.165, 1.54) is 17.7 Å². The zero-order valence-electron chi connectivity index (χ0n) is 15.3. The van der Waals surface area contributed by atoms with E-state index in [1.54, 1.807) is 26.8 Å². The van der Waals surface area contributed by atoms with Crippen LogP contribution in [0.15, 0.2) is 21.3 Å². The van der Waals surface area contributed by atoms with Crippen LogP contribution in [0, 0.1) is 13.8 Å². The molecule has 142 valence electrons. The van der Waals surface area contributed by atoms with Crippen molar-refractivity contribution in [2.24, 2.45) is 0 Å². The van der Waals surface area contributed by atoms with Gasteiger partial charge in [-0.15, -0.1) is 11.3 Å². The second-order valence-corrected chi connectivity index (χ2v) is 6.76. The van der Waals surface area contributed by atoms with Crippen molar-refractivity contribution in [1.29, 1.82) is 0 Å². The molecule has 8 nitrogen and oxygen atoms in total. The van der Waals surface area contributed by atoms with Crippen molar-refractivity contribution in [3.05, 3.63) is 50.3 Å². The molecular weight excluding hydrogens is 372 g/mol. The first-order valence-electron chi connectivity index (χ1n) is 8.22. The lowest BCUT2D eigenvalue weighted by Gasteiger charge is -2.08. The number of furan rings is 1. The molecular formula is C18H18N2O6S. The van der Waals surface area contributed by atoms with E-state index < -0.39 is 11.9 Å². The molecule has 0 atom stereocenters. The predicted molar refractivity (Wildman–Crippen MR) is 98.5 cm³/mol.